The Morgan fingerprint density at radius 1 is 1.15 bits per heavy atom. The zero-order chi connectivity index (χ0) is 19.3. The molecule has 1 amide bonds. The van der Waals surface area contributed by atoms with Crippen molar-refractivity contribution < 1.29 is 17.9 Å². The van der Waals surface area contributed by atoms with Gasteiger partial charge in [0, 0.05) is 18.8 Å². The number of rotatable bonds is 6. The summed E-state index contributed by atoms with van der Waals surface area (Å²) < 4.78 is 31.4. The molecule has 0 radical (unpaired) electrons. The molecule has 3 rings (SSSR count). The molecule has 1 N–H and O–H groups in total. The van der Waals surface area contributed by atoms with Gasteiger partial charge < -0.3 is 4.74 Å². The topological polar surface area (TPSA) is 75.7 Å². The standard InChI is InChI=1S/C20H24N2O4S/c1-2-12-27(24,25)22-11-10-17-8-9-19(13-18(17)14-22)21-20(23)26-15-16-6-4-3-5-7-16/h3-9,13H,2,10-12,14-15H2,1H3,(H,21,23). The molecule has 0 fully saturated rings. The fraction of sp³-hybridized carbons (Fsp3) is 0.350. The van der Waals surface area contributed by atoms with Crippen LogP contribution in [0.4, 0.5) is 10.5 Å². The minimum absolute atomic E-state index is 0.159. The second-order valence-corrected chi connectivity index (χ2v) is 8.66. The van der Waals surface area contributed by atoms with E-state index in [9.17, 15) is 13.2 Å². The van der Waals surface area contributed by atoms with E-state index >= 15 is 0 Å². The van der Waals surface area contributed by atoms with E-state index in [1.165, 1.54) is 4.31 Å². The van der Waals surface area contributed by atoms with Crippen molar-refractivity contribution in [2.24, 2.45) is 0 Å². The van der Waals surface area contributed by atoms with Crippen molar-refractivity contribution in [2.45, 2.75) is 32.9 Å². The first-order valence-electron chi connectivity index (χ1n) is 9.05. The maximum Gasteiger partial charge on any atom is 0.411 e. The molecule has 6 nitrogen and oxygen atoms in total. The highest BCUT2D eigenvalue weighted by atomic mass is 32.2. The Balaban J connectivity index is 1.63. The average molecular weight is 388 g/mol. The largest absolute Gasteiger partial charge is 0.444 e. The van der Waals surface area contributed by atoms with Crippen LogP contribution in [0, 0.1) is 0 Å². The number of nitrogens with one attached hydrogen (secondary N) is 1. The molecular weight excluding hydrogens is 364 g/mol. The molecule has 0 spiro atoms. The minimum atomic E-state index is -3.23. The van der Waals surface area contributed by atoms with Crippen LogP contribution < -0.4 is 5.32 Å². The van der Waals surface area contributed by atoms with Gasteiger partial charge in [-0.2, -0.15) is 4.31 Å². The summed E-state index contributed by atoms with van der Waals surface area (Å²) in [7, 11) is -3.23. The third-order valence-electron chi connectivity index (χ3n) is 4.50. The molecule has 27 heavy (non-hydrogen) atoms. The van der Waals surface area contributed by atoms with Gasteiger partial charge in [-0.15, -0.1) is 0 Å². The number of hydrogen-bond donors (Lipinski definition) is 1. The number of carbonyl (C=O) groups excluding carboxylic acids is 1. The molecule has 2 aromatic rings. The maximum atomic E-state index is 12.3. The minimum Gasteiger partial charge on any atom is -0.444 e. The second-order valence-electron chi connectivity index (χ2n) is 6.57. The maximum absolute atomic E-state index is 12.3. The number of fused-ring (bicyclic) bond motifs is 1. The number of carbonyl (C=O) groups is 1. The average Bonchev–Trinajstić information content (AvgIpc) is 2.66. The number of hydrogen-bond acceptors (Lipinski definition) is 4. The molecule has 0 unspecified atom stereocenters. The van der Waals surface area contributed by atoms with E-state index in [0.717, 1.165) is 16.7 Å². The van der Waals surface area contributed by atoms with E-state index in [2.05, 4.69) is 5.32 Å². The molecule has 2 aromatic carbocycles. The molecule has 1 aliphatic heterocycles. The van der Waals surface area contributed by atoms with E-state index in [1.54, 1.807) is 0 Å². The number of benzene rings is 2. The van der Waals surface area contributed by atoms with Crippen molar-refractivity contribution in [2.75, 3.05) is 17.6 Å². The van der Waals surface area contributed by atoms with Gasteiger partial charge in [-0.1, -0.05) is 43.3 Å². The molecule has 144 valence electrons. The molecule has 0 saturated carbocycles. The SMILES string of the molecule is CCCS(=O)(=O)N1CCc2ccc(NC(=O)OCc3ccccc3)cc2C1. The molecule has 0 saturated heterocycles. The van der Waals surface area contributed by atoms with Crippen LogP contribution in [0.5, 0.6) is 0 Å². The van der Waals surface area contributed by atoms with Gasteiger partial charge in [0.1, 0.15) is 6.61 Å². The predicted molar refractivity (Wildman–Crippen MR) is 105 cm³/mol. The molecule has 1 heterocycles. The van der Waals surface area contributed by atoms with E-state index in [1.807, 2.05) is 55.5 Å². The highest BCUT2D eigenvalue weighted by molar-refractivity contribution is 7.89. The number of amides is 1. The Bertz CT molecular complexity index is 897. The number of sulfonamides is 1. The van der Waals surface area contributed by atoms with Gasteiger partial charge in [0.05, 0.1) is 5.75 Å². The quantitative estimate of drug-likeness (QED) is 0.821. The third kappa shape index (κ3) is 5.08. The molecule has 0 atom stereocenters. The van der Waals surface area contributed by atoms with Gasteiger partial charge in [-0.25, -0.2) is 13.2 Å². The van der Waals surface area contributed by atoms with Crippen molar-refractivity contribution in [3.05, 3.63) is 65.2 Å². The lowest BCUT2D eigenvalue weighted by molar-refractivity contribution is 0.155. The van der Waals surface area contributed by atoms with E-state index < -0.39 is 16.1 Å². The fourth-order valence-corrected chi connectivity index (χ4v) is 4.59. The van der Waals surface area contributed by atoms with Crippen molar-refractivity contribution >= 4 is 21.8 Å². The van der Waals surface area contributed by atoms with Crippen LogP contribution >= 0.6 is 0 Å². The first-order valence-corrected chi connectivity index (χ1v) is 10.7. The van der Waals surface area contributed by atoms with Crippen molar-refractivity contribution in [1.29, 1.82) is 0 Å². The normalized spacial score (nSPS) is 14.4. The summed E-state index contributed by atoms with van der Waals surface area (Å²) in [5.41, 5.74) is 3.54. The van der Waals surface area contributed by atoms with Gasteiger partial charge in [0.2, 0.25) is 10.0 Å². The predicted octanol–water partition coefficient (Wildman–Crippen LogP) is 3.53. The zero-order valence-electron chi connectivity index (χ0n) is 15.3. The lowest BCUT2D eigenvalue weighted by atomic mass is 10.0. The molecule has 0 bridgehead atoms. The number of nitrogens with zero attached hydrogens (tertiary/aromatic N) is 1. The molecule has 1 aliphatic rings. The lowest BCUT2D eigenvalue weighted by Crippen LogP contribution is -2.37. The van der Waals surface area contributed by atoms with E-state index in [-0.39, 0.29) is 12.4 Å². The zero-order valence-corrected chi connectivity index (χ0v) is 16.2. The van der Waals surface area contributed by atoms with Crippen molar-refractivity contribution in [3.8, 4) is 0 Å². The Labute approximate surface area is 160 Å². The highest BCUT2D eigenvalue weighted by Gasteiger charge is 2.26. The van der Waals surface area contributed by atoms with Crippen LogP contribution in [0.2, 0.25) is 0 Å². The van der Waals surface area contributed by atoms with Gasteiger partial charge >= 0.3 is 6.09 Å². The lowest BCUT2D eigenvalue weighted by Gasteiger charge is -2.28. The monoisotopic (exact) mass is 388 g/mol. The summed E-state index contributed by atoms with van der Waals surface area (Å²) >= 11 is 0. The summed E-state index contributed by atoms with van der Waals surface area (Å²) in [6, 6.07) is 15.0. The first-order chi connectivity index (χ1) is 13.0. The Hall–Kier alpha value is -2.38. The molecule has 7 heteroatoms. The van der Waals surface area contributed by atoms with Gasteiger partial charge in [-0.3, -0.25) is 5.32 Å². The van der Waals surface area contributed by atoms with E-state index in [4.69, 9.17) is 4.74 Å². The van der Waals surface area contributed by atoms with Crippen LogP contribution in [0.25, 0.3) is 0 Å². The first kappa shape index (κ1) is 19.4. The fourth-order valence-electron chi connectivity index (χ4n) is 3.11. The Morgan fingerprint density at radius 3 is 2.67 bits per heavy atom. The second kappa shape index (κ2) is 8.54. The molecule has 0 aromatic heterocycles. The van der Waals surface area contributed by atoms with Gasteiger partial charge in [-0.05, 0) is 41.7 Å². The van der Waals surface area contributed by atoms with Crippen LogP contribution in [-0.2, 0) is 34.3 Å². The Kier molecular flexibility index (Phi) is 6.13. The Morgan fingerprint density at radius 2 is 1.93 bits per heavy atom. The summed E-state index contributed by atoms with van der Waals surface area (Å²) in [6.07, 6.45) is 0.738. The summed E-state index contributed by atoms with van der Waals surface area (Å²) in [4.78, 5) is 12.0. The molecular formula is C20H24N2O4S. The van der Waals surface area contributed by atoms with Crippen LogP contribution in [-0.4, -0.2) is 31.1 Å². The van der Waals surface area contributed by atoms with Crippen molar-refractivity contribution in [1.82, 2.24) is 4.31 Å². The third-order valence-corrected chi connectivity index (χ3v) is 6.52. The number of ether oxygens (including phenoxy) is 1. The van der Waals surface area contributed by atoms with Crippen LogP contribution in [0.3, 0.4) is 0 Å². The summed E-state index contributed by atoms with van der Waals surface area (Å²) in [5.74, 6) is 0.159. The van der Waals surface area contributed by atoms with E-state index in [0.29, 0.717) is 31.6 Å². The summed E-state index contributed by atoms with van der Waals surface area (Å²) in [6.45, 7) is 2.90. The summed E-state index contributed by atoms with van der Waals surface area (Å²) in [5, 5.41) is 2.71. The van der Waals surface area contributed by atoms with Crippen LogP contribution in [0.15, 0.2) is 48.5 Å². The van der Waals surface area contributed by atoms with Gasteiger partial charge in [0.25, 0.3) is 0 Å². The van der Waals surface area contributed by atoms with Gasteiger partial charge in [0.15, 0.2) is 0 Å². The van der Waals surface area contributed by atoms with Crippen LogP contribution in [0.1, 0.15) is 30.0 Å². The smallest absolute Gasteiger partial charge is 0.411 e. The number of anilines is 1. The molecule has 0 aliphatic carbocycles. The highest BCUT2D eigenvalue weighted by Crippen LogP contribution is 2.25. The van der Waals surface area contributed by atoms with Crippen molar-refractivity contribution in [3.63, 3.8) is 0 Å².